The van der Waals surface area contributed by atoms with Crippen molar-refractivity contribution >= 4 is 11.6 Å². The standard InChI is InChI=1S/C15H17N3O2/c1-10-5-3-6-11(2)14(10)16-15(19)12-9-13-18(17-12)7-4-8-20-13/h3,5-6,9H,4,7-8H2,1-2H3,(H,16,19). The molecule has 0 spiro atoms. The van der Waals surface area contributed by atoms with Crippen LogP contribution in [-0.2, 0) is 6.54 Å². The van der Waals surface area contributed by atoms with Gasteiger partial charge in [0.15, 0.2) is 5.69 Å². The molecule has 0 bridgehead atoms. The predicted molar refractivity (Wildman–Crippen MR) is 76.2 cm³/mol. The summed E-state index contributed by atoms with van der Waals surface area (Å²) in [4.78, 5) is 12.3. The van der Waals surface area contributed by atoms with Crippen LogP contribution in [0.4, 0.5) is 5.69 Å². The fourth-order valence-electron chi connectivity index (χ4n) is 2.37. The molecule has 2 heterocycles. The van der Waals surface area contributed by atoms with Crippen molar-refractivity contribution in [3.63, 3.8) is 0 Å². The zero-order valence-corrected chi connectivity index (χ0v) is 11.6. The molecule has 0 unspecified atom stereocenters. The summed E-state index contributed by atoms with van der Waals surface area (Å²) in [6.07, 6.45) is 0.923. The van der Waals surface area contributed by atoms with Gasteiger partial charge >= 0.3 is 0 Å². The quantitative estimate of drug-likeness (QED) is 0.913. The average molecular weight is 271 g/mol. The molecular formula is C15H17N3O2. The molecule has 1 amide bonds. The minimum absolute atomic E-state index is 0.201. The number of fused-ring (bicyclic) bond motifs is 1. The van der Waals surface area contributed by atoms with E-state index in [1.165, 1.54) is 0 Å². The van der Waals surface area contributed by atoms with Gasteiger partial charge < -0.3 is 10.1 Å². The highest BCUT2D eigenvalue weighted by Gasteiger charge is 2.18. The Bertz CT molecular complexity index is 617. The Morgan fingerprint density at radius 3 is 2.80 bits per heavy atom. The van der Waals surface area contributed by atoms with Crippen molar-refractivity contribution in [2.75, 3.05) is 11.9 Å². The summed E-state index contributed by atoms with van der Waals surface area (Å²) >= 11 is 0. The van der Waals surface area contributed by atoms with Gasteiger partial charge in [-0.25, -0.2) is 4.68 Å². The molecule has 0 saturated carbocycles. The number of benzene rings is 1. The molecule has 0 aliphatic carbocycles. The summed E-state index contributed by atoms with van der Waals surface area (Å²) in [6.45, 7) is 5.43. The lowest BCUT2D eigenvalue weighted by atomic mass is 10.1. The van der Waals surface area contributed by atoms with E-state index in [1.54, 1.807) is 10.7 Å². The summed E-state index contributed by atoms with van der Waals surface area (Å²) < 4.78 is 7.21. The van der Waals surface area contributed by atoms with E-state index in [0.717, 1.165) is 29.8 Å². The molecule has 1 aliphatic rings. The molecule has 0 fully saturated rings. The van der Waals surface area contributed by atoms with Gasteiger partial charge in [0.1, 0.15) is 0 Å². The summed E-state index contributed by atoms with van der Waals surface area (Å²) in [5.41, 5.74) is 3.33. The summed E-state index contributed by atoms with van der Waals surface area (Å²) in [7, 11) is 0. The first-order chi connectivity index (χ1) is 9.65. The van der Waals surface area contributed by atoms with Crippen LogP contribution in [0, 0.1) is 13.8 Å². The number of amides is 1. The second kappa shape index (κ2) is 5.00. The Labute approximate surface area is 117 Å². The third-order valence-corrected chi connectivity index (χ3v) is 3.46. The van der Waals surface area contributed by atoms with Gasteiger partial charge in [-0.05, 0) is 25.0 Å². The Balaban J connectivity index is 1.84. The Morgan fingerprint density at radius 1 is 1.35 bits per heavy atom. The van der Waals surface area contributed by atoms with Gasteiger partial charge in [-0.1, -0.05) is 18.2 Å². The first-order valence-corrected chi connectivity index (χ1v) is 6.73. The van der Waals surface area contributed by atoms with Gasteiger partial charge in [-0.15, -0.1) is 0 Å². The predicted octanol–water partition coefficient (Wildman–Crippen LogP) is 2.53. The zero-order valence-electron chi connectivity index (χ0n) is 11.6. The van der Waals surface area contributed by atoms with Crippen LogP contribution in [0.15, 0.2) is 24.3 Å². The Hall–Kier alpha value is -2.30. The highest BCUT2D eigenvalue weighted by molar-refractivity contribution is 6.03. The maximum absolute atomic E-state index is 12.3. The second-order valence-electron chi connectivity index (χ2n) is 5.01. The minimum atomic E-state index is -0.201. The maximum atomic E-state index is 12.3. The van der Waals surface area contributed by atoms with E-state index in [4.69, 9.17) is 4.74 Å². The van der Waals surface area contributed by atoms with Crippen LogP contribution in [0.3, 0.4) is 0 Å². The number of carbonyl (C=O) groups is 1. The number of aryl methyl sites for hydroxylation is 3. The molecule has 2 aromatic rings. The second-order valence-corrected chi connectivity index (χ2v) is 5.01. The number of hydrogen-bond acceptors (Lipinski definition) is 3. The number of nitrogens with zero attached hydrogens (tertiary/aromatic N) is 2. The zero-order chi connectivity index (χ0) is 14.1. The number of ether oxygens (including phenoxy) is 1. The molecule has 20 heavy (non-hydrogen) atoms. The molecule has 5 nitrogen and oxygen atoms in total. The van der Waals surface area contributed by atoms with E-state index in [2.05, 4.69) is 10.4 Å². The number of aromatic nitrogens is 2. The Morgan fingerprint density at radius 2 is 2.10 bits per heavy atom. The van der Waals surface area contributed by atoms with Crippen molar-refractivity contribution in [2.24, 2.45) is 0 Å². The fraction of sp³-hybridized carbons (Fsp3) is 0.333. The molecule has 3 rings (SSSR count). The molecule has 1 aromatic carbocycles. The van der Waals surface area contributed by atoms with Gasteiger partial charge in [0.2, 0.25) is 5.88 Å². The average Bonchev–Trinajstić information content (AvgIpc) is 2.87. The molecule has 104 valence electrons. The van der Waals surface area contributed by atoms with Gasteiger partial charge in [0, 0.05) is 24.7 Å². The highest BCUT2D eigenvalue weighted by Crippen LogP contribution is 2.22. The fourth-order valence-corrected chi connectivity index (χ4v) is 2.37. The van der Waals surface area contributed by atoms with Crippen molar-refractivity contribution in [1.82, 2.24) is 9.78 Å². The SMILES string of the molecule is Cc1cccc(C)c1NC(=O)c1cc2n(n1)CCCO2. The number of para-hydroxylation sites is 1. The maximum Gasteiger partial charge on any atom is 0.276 e. The molecular weight excluding hydrogens is 254 g/mol. The van der Waals surface area contributed by atoms with Crippen LogP contribution >= 0.6 is 0 Å². The lowest BCUT2D eigenvalue weighted by molar-refractivity contribution is 0.102. The van der Waals surface area contributed by atoms with E-state index in [0.29, 0.717) is 18.2 Å². The number of rotatable bonds is 2. The molecule has 0 saturated heterocycles. The van der Waals surface area contributed by atoms with Crippen LogP contribution in [0.25, 0.3) is 0 Å². The van der Waals surface area contributed by atoms with Crippen LogP contribution in [-0.4, -0.2) is 22.3 Å². The van der Waals surface area contributed by atoms with Crippen LogP contribution in [0.1, 0.15) is 28.0 Å². The lowest BCUT2D eigenvalue weighted by Gasteiger charge is -2.13. The van der Waals surface area contributed by atoms with Crippen molar-refractivity contribution in [3.8, 4) is 5.88 Å². The molecule has 1 aliphatic heterocycles. The van der Waals surface area contributed by atoms with E-state index in [9.17, 15) is 4.79 Å². The van der Waals surface area contributed by atoms with Crippen molar-refractivity contribution in [3.05, 3.63) is 41.1 Å². The van der Waals surface area contributed by atoms with Gasteiger partial charge in [-0.2, -0.15) is 5.10 Å². The molecule has 1 N–H and O–H groups in total. The van der Waals surface area contributed by atoms with Crippen LogP contribution in [0.2, 0.25) is 0 Å². The molecule has 1 aromatic heterocycles. The smallest absolute Gasteiger partial charge is 0.276 e. The highest BCUT2D eigenvalue weighted by atomic mass is 16.5. The molecule has 0 atom stereocenters. The molecule has 0 radical (unpaired) electrons. The Kier molecular flexibility index (Phi) is 3.18. The summed E-state index contributed by atoms with van der Waals surface area (Å²) in [6, 6.07) is 7.62. The normalized spacial score (nSPS) is 13.5. The minimum Gasteiger partial charge on any atom is -0.478 e. The number of hydrogen-bond donors (Lipinski definition) is 1. The summed E-state index contributed by atoms with van der Waals surface area (Å²) in [5, 5.41) is 7.22. The largest absolute Gasteiger partial charge is 0.478 e. The third kappa shape index (κ3) is 2.27. The van der Waals surface area contributed by atoms with Crippen molar-refractivity contribution < 1.29 is 9.53 Å². The summed E-state index contributed by atoms with van der Waals surface area (Å²) in [5.74, 6) is 0.468. The van der Waals surface area contributed by atoms with Crippen molar-refractivity contribution in [1.29, 1.82) is 0 Å². The van der Waals surface area contributed by atoms with E-state index >= 15 is 0 Å². The topological polar surface area (TPSA) is 56.2 Å². The van der Waals surface area contributed by atoms with Gasteiger partial charge in [-0.3, -0.25) is 4.79 Å². The monoisotopic (exact) mass is 271 g/mol. The van der Waals surface area contributed by atoms with Crippen LogP contribution in [0.5, 0.6) is 5.88 Å². The third-order valence-electron chi connectivity index (χ3n) is 3.46. The van der Waals surface area contributed by atoms with E-state index in [1.807, 2.05) is 32.0 Å². The van der Waals surface area contributed by atoms with Crippen molar-refractivity contribution in [2.45, 2.75) is 26.8 Å². The van der Waals surface area contributed by atoms with E-state index < -0.39 is 0 Å². The van der Waals surface area contributed by atoms with E-state index in [-0.39, 0.29) is 5.91 Å². The van der Waals surface area contributed by atoms with Gasteiger partial charge in [0.25, 0.3) is 5.91 Å². The first kappa shape index (κ1) is 12.7. The van der Waals surface area contributed by atoms with Crippen LogP contribution < -0.4 is 10.1 Å². The first-order valence-electron chi connectivity index (χ1n) is 6.73. The number of anilines is 1. The number of carbonyl (C=O) groups excluding carboxylic acids is 1. The number of nitrogens with one attached hydrogen (secondary N) is 1. The van der Waals surface area contributed by atoms with Gasteiger partial charge in [0.05, 0.1) is 6.61 Å². The lowest BCUT2D eigenvalue weighted by Crippen LogP contribution is -2.16. The molecule has 5 heteroatoms.